The van der Waals surface area contributed by atoms with Gasteiger partial charge in [0.1, 0.15) is 17.4 Å². The van der Waals surface area contributed by atoms with Crippen molar-refractivity contribution in [1.29, 1.82) is 0 Å². The molecular weight excluding hydrogens is 416 g/mol. The van der Waals surface area contributed by atoms with E-state index in [0.717, 1.165) is 28.6 Å². The molecule has 0 fully saturated rings. The first-order valence-electron chi connectivity index (χ1n) is 9.85. The maximum absolute atomic E-state index is 12.6. The highest BCUT2D eigenvalue weighted by molar-refractivity contribution is 8.26. The van der Waals surface area contributed by atoms with Gasteiger partial charge in [-0.25, -0.2) is 0 Å². The summed E-state index contributed by atoms with van der Waals surface area (Å²) >= 11 is 0.973. The Morgan fingerprint density at radius 1 is 1.06 bits per heavy atom. The fourth-order valence-corrected chi connectivity index (χ4v) is 3.61. The molecule has 0 N–H and O–H groups in total. The maximum Gasteiger partial charge on any atom is 0.247 e. The Morgan fingerprint density at radius 3 is 2.48 bits per heavy atom. The van der Waals surface area contributed by atoms with Crippen LogP contribution in [0, 0.1) is 6.92 Å². The Kier molecular flexibility index (Phi) is 7.57. The van der Waals surface area contributed by atoms with Crippen molar-refractivity contribution in [2.45, 2.75) is 26.7 Å². The standard InChI is InChI=1S/C23H26N2O5S/c1-14(2)17-8-6-15(3)10-19(17)29-12-21-24-25-22(13-30-21)31-23(26)16-7-9-18(27-4)20(11-16)28-5/h6-11,14H,12-13H2,1-5H3. The van der Waals surface area contributed by atoms with Crippen molar-refractivity contribution in [2.24, 2.45) is 10.2 Å². The maximum atomic E-state index is 12.6. The molecule has 0 aromatic heterocycles. The Labute approximate surface area is 186 Å². The van der Waals surface area contributed by atoms with Crippen molar-refractivity contribution in [3.05, 3.63) is 53.1 Å². The summed E-state index contributed by atoms with van der Waals surface area (Å²) in [6.45, 7) is 6.60. The lowest BCUT2D eigenvalue weighted by Crippen LogP contribution is -2.22. The molecule has 0 unspecified atom stereocenters. The molecule has 164 valence electrons. The molecule has 0 spiro atoms. The number of benzene rings is 2. The molecule has 0 saturated carbocycles. The van der Waals surface area contributed by atoms with Crippen molar-refractivity contribution in [3.63, 3.8) is 0 Å². The Balaban J connectivity index is 1.62. The Morgan fingerprint density at radius 2 is 1.84 bits per heavy atom. The van der Waals surface area contributed by atoms with Crippen LogP contribution in [0.3, 0.4) is 0 Å². The number of ether oxygens (including phenoxy) is 4. The lowest BCUT2D eigenvalue weighted by molar-refractivity contribution is 0.108. The average molecular weight is 443 g/mol. The third-order valence-corrected chi connectivity index (χ3v) is 5.46. The van der Waals surface area contributed by atoms with Gasteiger partial charge < -0.3 is 18.9 Å². The third kappa shape index (κ3) is 5.79. The molecule has 2 aromatic rings. The minimum Gasteiger partial charge on any atom is -0.493 e. The number of aryl methyl sites for hydroxylation is 1. The highest BCUT2D eigenvalue weighted by Crippen LogP contribution is 2.30. The van der Waals surface area contributed by atoms with Crippen LogP contribution in [0.4, 0.5) is 0 Å². The summed E-state index contributed by atoms with van der Waals surface area (Å²) < 4.78 is 22.0. The summed E-state index contributed by atoms with van der Waals surface area (Å²) in [5.41, 5.74) is 2.72. The second kappa shape index (κ2) is 10.3. The van der Waals surface area contributed by atoms with E-state index in [1.165, 1.54) is 7.11 Å². The van der Waals surface area contributed by atoms with Gasteiger partial charge >= 0.3 is 0 Å². The number of hydrogen-bond acceptors (Lipinski definition) is 8. The van der Waals surface area contributed by atoms with E-state index < -0.39 is 0 Å². The molecule has 1 aliphatic rings. The summed E-state index contributed by atoms with van der Waals surface area (Å²) in [5, 5.41) is 8.49. The largest absolute Gasteiger partial charge is 0.493 e. The summed E-state index contributed by atoms with van der Waals surface area (Å²) in [4.78, 5) is 12.6. The highest BCUT2D eigenvalue weighted by atomic mass is 32.2. The van der Waals surface area contributed by atoms with Gasteiger partial charge in [-0.1, -0.05) is 26.0 Å². The van der Waals surface area contributed by atoms with E-state index in [1.54, 1.807) is 25.3 Å². The van der Waals surface area contributed by atoms with Crippen LogP contribution in [0.25, 0.3) is 0 Å². The van der Waals surface area contributed by atoms with Gasteiger partial charge in [-0.05, 0) is 60.0 Å². The zero-order valence-electron chi connectivity index (χ0n) is 18.3. The number of carbonyl (C=O) groups excluding carboxylic acids is 1. The number of carbonyl (C=O) groups is 1. The lowest BCUT2D eigenvalue weighted by atomic mass is 10.0. The van der Waals surface area contributed by atoms with Crippen LogP contribution in [0.15, 0.2) is 46.6 Å². The molecular formula is C23H26N2O5S. The van der Waals surface area contributed by atoms with E-state index in [2.05, 4.69) is 36.2 Å². The first kappa shape index (κ1) is 22.7. The Hall–Kier alpha value is -3.00. The first-order valence-corrected chi connectivity index (χ1v) is 10.7. The van der Waals surface area contributed by atoms with Crippen LogP contribution in [-0.2, 0) is 4.74 Å². The molecule has 7 nitrogen and oxygen atoms in total. The minimum atomic E-state index is -0.181. The van der Waals surface area contributed by atoms with Crippen molar-refractivity contribution in [2.75, 3.05) is 27.4 Å². The molecule has 0 aliphatic carbocycles. The molecule has 0 atom stereocenters. The zero-order valence-corrected chi connectivity index (χ0v) is 19.1. The number of methoxy groups -OCH3 is 2. The number of rotatable bonds is 7. The molecule has 2 aromatic carbocycles. The van der Waals surface area contributed by atoms with E-state index in [9.17, 15) is 4.79 Å². The topological polar surface area (TPSA) is 78.7 Å². The van der Waals surface area contributed by atoms with E-state index >= 15 is 0 Å². The Bertz CT molecular complexity index is 1020. The van der Waals surface area contributed by atoms with Crippen molar-refractivity contribution in [1.82, 2.24) is 0 Å². The van der Waals surface area contributed by atoms with Gasteiger partial charge in [-0.15, -0.1) is 10.2 Å². The molecule has 0 saturated heterocycles. The van der Waals surface area contributed by atoms with E-state index in [4.69, 9.17) is 18.9 Å². The van der Waals surface area contributed by atoms with Crippen LogP contribution >= 0.6 is 11.8 Å². The van der Waals surface area contributed by atoms with Gasteiger partial charge in [0, 0.05) is 5.56 Å². The van der Waals surface area contributed by atoms with Gasteiger partial charge in [0.25, 0.3) is 0 Å². The number of thioether (sulfide) groups is 1. The number of nitrogens with zero attached hydrogens (tertiary/aromatic N) is 2. The summed E-state index contributed by atoms with van der Waals surface area (Å²) in [6.07, 6.45) is 0. The van der Waals surface area contributed by atoms with Gasteiger partial charge in [0.05, 0.1) is 14.2 Å². The summed E-state index contributed by atoms with van der Waals surface area (Å²) in [5.74, 6) is 2.58. The molecule has 1 heterocycles. The van der Waals surface area contributed by atoms with Gasteiger partial charge in [0.15, 0.2) is 18.1 Å². The monoisotopic (exact) mass is 442 g/mol. The third-order valence-electron chi connectivity index (χ3n) is 4.61. The fraction of sp³-hybridized carbons (Fsp3) is 0.348. The van der Waals surface area contributed by atoms with Crippen LogP contribution in [0.1, 0.15) is 41.3 Å². The fourth-order valence-electron chi connectivity index (χ4n) is 2.95. The van der Waals surface area contributed by atoms with Crippen molar-refractivity contribution in [3.8, 4) is 17.2 Å². The molecule has 0 radical (unpaired) electrons. The van der Waals surface area contributed by atoms with Gasteiger partial charge in [0.2, 0.25) is 11.0 Å². The SMILES string of the molecule is COc1ccc(C(=O)SC2=NN=C(COc3cc(C)ccc3C(C)C)OC2)cc1OC. The summed E-state index contributed by atoms with van der Waals surface area (Å²) in [7, 11) is 3.07. The smallest absolute Gasteiger partial charge is 0.247 e. The molecule has 31 heavy (non-hydrogen) atoms. The predicted octanol–water partition coefficient (Wildman–Crippen LogP) is 4.83. The first-order chi connectivity index (χ1) is 14.9. The van der Waals surface area contributed by atoms with E-state index in [0.29, 0.717) is 33.9 Å². The van der Waals surface area contributed by atoms with Crippen LogP contribution in [0.5, 0.6) is 17.2 Å². The second-order valence-electron chi connectivity index (χ2n) is 7.22. The minimum absolute atomic E-state index is 0.163. The molecule has 0 bridgehead atoms. The van der Waals surface area contributed by atoms with Crippen molar-refractivity contribution >= 4 is 27.8 Å². The van der Waals surface area contributed by atoms with Crippen LogP contribution < -0.4 is 14.2 Å². The highest BCUT2D eigenvalue weighted by Gasteiger charge is 2.19. The van der Waals surface area contributed by atoms with Crippen LogP contribution in [-0.4, -0.2) is 43.5 Å². The average Bonchev–Trinajstić information content (AvgIpc) is 2.77. The molecule has 8 heteroatoms. The molecule has 1 aliphatic heterocycles. The van der Waals surface area contributed by atoms with E-state index in [-0.39, 0.29) is 18.3 Å². The second-order valence-corrected chi connectivity index (χ2v) is 8.27. The lowest BCUT2D eigenvalue weighted by Gasteiger charge is -2.17. The van der Waals surface area contributed by atoms with Gasteiger partial charge in [-0.3, -0.25) is 4.79 Å². The molecule has 0 amide bonds. The van der Waals surface area contributed by atoms with Crippen molar-refractivity contribution < 1.29 is 23.7 Å². The van der Waals surface area contributed by atoms with E-state index in [1.807, 2.05) is 13.0 Å². The normalized spacial score (nSPS) is 13.2. The quantitative estimate of drug-likeness (QED) is 0.611. The van der Waals surface area contributed by atoms with Gasteiger partial charge in [-0.2, -0.15) is 0 Å². The predicted molar refractivity (Wildman–Crippen MR) is 123 cm³/mol. The summed E-state index contributed by atoms with van der Waals surface area (Å²) in [6, 6.07) is 11.2. The van der Waals surface area contributed by atoms with Crippen LogP contribution in [0.2, 0.25) is 0 Å². The number of hydrogen-bond donors (Lipinski definition) is 0. The molecule has 3 rings (SSSR count). The zero-order chi connectivity index (χ0) is 22.4.